The van der Waals surface area contributed by atoms with Crippen LogP contribution in [-0.2, 0) is 32.8 Å². The zero-order valence-electron chi connectivity index (χ0n) is 19.3. The number of carbonyl (C=O) groups excluding carboxylic acids is 2. The summed E-state index contributed by atoms with van der Waals surface area (Å²) in [6.45, 7) is 0.622. The van der Waals surface area contributed by atoms with Gasteiger partial charge in [-0.05, 0) is 42.9 Å². The number of H-pyrrole nitrogens is 1. The SMILES string of the molecule is NS(=O)(=O)NCCCC[C@H](NC(=O)OCc1ccccc1)C(=O)NCCc1c[nH]c2ccccc12. The number of aromatic nitrogens is 1. The first-order chi connectivity index (χ1) is 16.8. The number of nitrogens with one attached hydrogen (secondary N) is 4. The summed E-state index contributed by atoms with van der Waals surface area (Å²) < 4.78 is 29.4. The van der Waals surface area contributed by atoms with Crippen LogP contribution in [0.1, 0.15) is 30.4 Å². The number of rotatable bonds is 13. The second-order valence-corrected chi connectivity index (χ2v) is 9.47. The summed E-state index contributed by atoms with van der Waals surface area (Å²) in [6.07, 6.45) is 3.10. The average molecular weight is 502 g/mol. The van der Waals surface area contributed by atoms with Gasteiger partial charge in [-0.1, -0.05) is 48.5 Å². The first-order valence-electron chi connectivity index (χ1n) is 11.4. The highest BCUT2D eigenvalue weighted by atomic mass is 32.2. The highest BCUT2D eigenvalue weighted by molar-refractivity contribution is 7.87. The molecule has 3 aromatic rings. The minimum absolute atomic E-state index is 0.0832. The number of para-hydroxylation sites is 1. The summed E-state index contributed by atoms with van der Waals surface area (Å²) in [6, 6.07) is 16.3. The number of amides is 2. The van der Waals surface area contributed by atoms with Crippen molar-refractivity contribution in [3.63, 3.8) is 0 Å². The normalized spacial score (nSPS) is 12.3. The number of unbranched alkanes of at least 4 members (excludes halogenated alkanes) is 1. The van der Waals surface area contributed by atoms with E-state index in [0.29, 0.717) is 32.2 Å². The van der Waals surface area contributed by atoms with Crippen molar-refractivity contribution >= 4 is 33.1 Å². The van der Waals surface area contributed by atoms with Crippen molar-refractivity contribution in [1.82, 2.24) is 20.3 Å². The van der Waals surface area contributed by atoms with Gasteiger partial charge >= 0.3 is 6.09 Å². The number of aromatic amines is 1. The summed E-state index contributed by atoms with van der Waals surface area (Å²) in [4.78, 5) is 28.4. The van der Waals surface area contributed by atoms with Gasteiger partial charge in [-0.25, -0.2) is 14.7 Å². The van der Waals surface area contributed by atoms with Gasteiger partial charge in [-0.15, -0.1) is 0 Å². The maximum absolute atomic E-state index is 12.8. The van der Waals surface area contributed by atoms with Crippen LogP contribution >= 0.6 is 0 Å². The molecule has 0 aliphatic rings. The Kier molecular flexibility index (Phi) is 9.65. The van der Waals surface area contributed by atoms with Crippen molar-refractivity contribution in [1.29, 1.82) is 0 Å². The van der Waals surface area contributed by atoms with Gasteiger partial charge in [0.15, 0.2) is 0 Å². The molecule has 1 heterocycles. The Hall–Kier alpha value is -3.41. The van der Waals surface area contributed by atoms with Crippen LogP contribution in [0.3, 0.4) is 0 Å². The van der Waals surface area contributed by atoms with E-state index in [1.807, 2.05) is 60.8 Å². The summed E-state index contributed by atoms with van der Waals surface area (Å²) >= 11 is 0. The van der Waals surface area contributed by atoms with Crippen LogP contribution in [0.25, 0.3) is 10.9 Å². The van der Waals surface area contributed by atoms with Crippen molar-refractivity contribution in [3.8, 4) is 0 Å². The fraction of sp³-hybridized carbons (Fsp3) is 0.333. The Morgan fingerprint density at radius 3 is 2.51 bits per heavy atom. The molecular weight excluding hydrogens is 470 g/mol. The number of carbonyl (C=O) groups is 2. The zero-order valence-corrected chi connectivity index (χ0v) is 20.1. The smallest absolute Gasteiger partial charge is 0.408 e. The van der Waals surface area contributed by atoms with Gasteiger partial charge in [-0.2, -0.15) is 8.42 Å². The standard InChI is InChI=1S/C24H31N5O5S/c25-35(32,33)28-14-7-6-12-22(29-24(31)34-17-18-8-2-1-3-9-18)23(30)26-15-13-19-16-27-21-11-5-4-10-20(19)21/h1-5,8-11,16,22,27-28H,6-7,12-15,17H2,(H,26,30)(H,29,31)(H2,25,32,33)/t22-/m0/s1. The second-order valence-electron chi connectivity index (χ2n) is 8.09. The van der Waals surface area contributed by atoms with E-state index in [-0.39, 0.29) is 19.1 Å². The predicted octanol–water partition coefficient (Wildman–Crippen LogP) is 2.09. The number of ether oxygens (including phenoxy) is 1. The maximum atomic E-state index is 12.8. The van der Waals surface area contributed by atoms with Crippen LogP contribution < -0.4 is 20.5 Å². The van der Waals surface area contributed by atoms with Crippen molar-refractivity contribution < 1.29 is 22.7 Å². The summed E-state index contributed by atoms with van der Waals surface area (Å²) in [5.41, 5.74) is 2.95. The van der Waals surface area contributed by atoms with E-state index in [1.54, 1.807) is 0 Å². The Labute approximate surface area is 204 Å². The number of nitrogens with two attached hydrogens (primary N) is 1. The third-order valence-electron chi connectivity index (χ3n) is 5.41. The first-order valence-corrected chi connectivity index (χ1v) is 12.9. The van der Waals surface area contributed by atoms with Crippen molar-refractivity contribution in [2.24, 2.45) is 5.14 Å². The molecule has 10 nitrogen and oxygen atoms in total. The van der Waals surface area contributed by atoms with Crippen molar-refractivity contribution in [2.75, 3.05) is 13.1 Å². The lowest BCUT2D eigenvalue weighted by Gasteiger charge is -2.18. The van der Waals surface area contributed by atoms with Gasteiger partial charge in [0.05, 0.1) is 0 Å². The molecule has 0 radical (unpaired) electrons. The molecule has 0 aliphatic carbocycles. The fourth-order valence-electron chi connectivity index (χ4n) is 3.65. The highest BCUT2D eigenvalue weighted by Gasteiger charge is 2.21. The lowest BCUT2D eigenvalue weighted by Crippen LogP contribution is -2.47. The van der Waals surface area contributed by atoms with E-state index in [9.17, 15) is 18.0 Å². The number of fused-ring (bicyclic) bond motifs is 1. The summed E-state index contributed by atoms with van der Waals surface area (Å²) in [7, 11) is -3.76. The Balaban J connectivity index is 1.51. The Morgan fingerprint density at radius 2 is 1.74 bits per heavy atom. The number of hydrogen-bond donors (Lipinski definition) is 5. The highest BCUT2D eigenvalue weighted by Crippen LogP contribution is 2.17. The second kappa shape index (κ2) is 12.9. The molecular formula is C24H31N5O5S. The summed E-state index contributed by atoms with van der Waals surface area (Å²) in [5.74, 6) is -0.332. The van der Waals surface area contributed by atoms with E-state index in [0.717, 1.165) is 22.0 Å². The predicted molar refractivity (Wildman–Crippen MR) is 134 cm³/mol. The molecule has 1 atom stereocenters. The summed E-state index contributed by atoms with van der Waals surface area (Å²) in [5, 5.41) is 11.5. The molecule has 3 rings (SSSR count). The van der Waals surface area contributed by atoms with Gasteiger partial charge in [0, 0.05) is 30.2 Å². The molecule has 2 aromatic carbocycles. The maximum Gasteiger partial charge on any atom is 0.408 e. The van der Waals surface area contributed by atoms with Gasteiger partial charge in [0.1, 0.15) is 12.6 Å². The molecule has 0 aliphatic heterocycles. The topological polar surface area (TPSA) is 155 Å². The zero-order chi connectivity index (χ0) is 25.1. The van der Waals surface area contributed by atoms with E-state index in [1.165, 1.54) is 0 Å². The van der Waals surface area contributed by atoms with E-state index >= 15 is 0 Å². The quantitative estimate of drug-likeness (QED) is 0.227. The van der Waals surface area contributed by atoms with Crippen LogP contribution in [-0.4, -0.2) is 44.5 Å². The molecule has 188 valence electrons. The number of alkyl carbamates (subject to hydrolysis) is 1. The molecule has 0 spiro atoms. The van der Waals surface area contributed by atoms with Crippen LogP contribution in [0, 0.1) is 0 Å². The van der Waals surface area contributed by atoms with Crippen molar-refractivity contribution in [3.05, 3.63) is 71.9 Å². The first kappa shape index (κ1) is 26.2. The third kappa shape index (κ3) is 9.04. The fourth-order valence-corrected chi connectivity index (χ4v) is 4.07. The lowest BCUT2D eigenvalue weighted by atomic mass is 10.1. The van der Waals surface area contributed by atoms with Gasteiger partial charge < -0.3 is 20.4 Å². The molecule has 11 heteroatoms. The van der Waals surface area contributed by atoms with Crippen LogP contribution in [0.5, 0.6) is 0 Å². The molecule has 0 saturated carbocycles. The van der Waals surface area contributed by atoms with Gasteiger partial charge in [0.2, 0.25) is 5.91 Å². The molecule has 0 saturated heterocycles. The molecule has 35 heavy (non-hydrogen) atoms. The van der Waals surface area contributed by atoms with Crippen LogP contribution in [0.15, 0.2) is 60.8 Å². The van der Waals surface area contributed by atoms with Crippen molar-refractivity contribution in [2.45, 2.75) is 38.3 Å². The molecule has 1 aromatic heterocycles. The molecule has 2 amide bonds. The minimum atomic E-state index is -3.76. The Morgan fingerprint density at radius 1 is 1.00 bits per heavy atom. The van der Waals surface area contributed by atoms with E-state index < -0.39 is 22.3 Å². The molecule has 6 N–H and O–H groups in total. The Bertz CT molecular complexity index is 1210. The monoisotopic (exact) mass is 501 g/mol. The minimum Gasteiger partial charge on any atom is -0.445 e. The van der Waals surface area contributed by atoms with Gasteiger partial charge in [-0.3, -0.25) is 4.79 Å². The largest absolute Gasteiger partial charge is 0.445 e. The van der Waals surface area contributed by atoms with Gasteiger partial charge in [0.25, 0.3) is 10.2 Å². The number of hydrogen-bond acceptors (Lipinski definition) is 5. The molecule has 0 unspecified atom stereocenters. The third-order valence-corrected chi connectivity index (χ3v) is 6.02. The van der Waals surface area contributed by atoms with Crippen LogP contribution in [0.2, 0.25) is 0 Å². The van der Waals surface area contributed by atoms with Crippen LogP contribution in [0.4, 0.5) is 4.79 Å². The van der Waals surface area contributed by atoms with E-state index in [2.05, 4.69) is 20.3 Å². The lowest BCUT2D eigenvalue weighted by molar-refractivity contribution is -0.123. The average Bonchev–Trinajstić information content (AvgIpc) is 3.25. The van der Waals surface area contributed by atoms with E-state index in [4.69, 9.17) is 9.88 Å². The number of benzene rings is 2. The molecule has 0 fully saturated rings. The molecule has 0 bridgehead atoms.